The molecule has 94 valence electrons. The summed E-state index contributed by atoms with van der Waals surface area (Å²) in [5, 5.41) is 11.8. The van der Waals surface area contributed by atoms with Gasteiger partial charge in [-0.2, -0.15) is 0 Å². The van der Waals surface area contributed by atoms with Gasteiger partial charge < -0.3 is 9.47 Å². The molecule has 0 aromatic carbocycles. The number of hydrogen-bond donors (Lipinski definition) is 1. The Bertz CT molecular complexity index is 377. The third kappa shape index (κ3) is 3.45. The van der Waals surface area contributed by atoms with Crippen LogP contribution in [0.1, 0.15) is 24.8 Å². The molecule has 1 aliphatic rings. The van der Waals surface area contributed by atoms with Gasteiger partial charge in [-0.1, -0.05) is 11.3 Å². The van der Waals surface area contributed by atoms with E-state index in [2.05, 4.69) is 15.5 Å². The molecule has 1 amide bonds. The Morgan fingerprint density at radius 2 is 2.53 bits per heavy atom. The Kier molecular flexibility index (Phi) is 4.41. The van der Waals surface area contributed by atoms with Gasteiger partial charge in [0, 0.05) is 13.2 Å². The number of anilines is 1. The lowest BCUT2D eigenvalue weighted by atomic mass is 10.2. The van der Waals surface area contributed by atoms with Gasteiger partial charge in [-0.25, -0.2) is 0 Å². The van der Waals surface area contributed by atoms with Gasteiger partial charge in [0.15, 0.2) is 0 Å². The fourth-order valence-electron chi connectivity index (χ4n) is 1.52. The summed E-state index contributed by atoms with van der Waals surface area (Å²) in [6, 6.07) is 0. The van der Waals surface area contributed by atoms with Crippen molar-refractivity contribution in [1.29, 1.82) is 0 Å². The molecule has 6 nitrogen and oxygen atoms in total. The van der Waals surface area contributed by atoms with Gasteiger partial charge in [-0.3, -0.25) is 10.1 Å². The van der Waals surface area contributed by atoms with Crippen molar-refractivity contribution in [1.82, 2.24) is 10.2 Å². The zero-order valence-electron chi connectivity index (χ0n) is 9.64. The summed E-state index contributed by atoms with van der Waals surface area (Å²) < 4.78 is 10.5. The summed E-state index contributed by atoms with van der Waals surface area (Å²) in [6.45, 7) is 3.64. The number of nitrogens with zero attached hydrogens (tertiary/aromatic N) is 2. The monoisotopic (exact) mass is 257 g/mol. The first-order valence-electron chi connectivity index (χ1n) is 5.62. The van der Waals surface area contributed by atoms with E-state index >= 15 is 0 Å². The van der Waals surface area contributed by atoms with E-state index in [0.717, 1.165) is 17.8 Å². The Hall–Kier alpha value is -1.05. The van der Waals surface area contributed by atoms with Crippen molar-refractivity contribution in [2.24, 2.45) is 0 Å². The maximum atomic E-state index is 11.7. The number of aromatic nitrogens is 2. The van der Waals surface area contributed by atoms with E-state index in [1.54, 1.807) is 0 Å². The van der Waals surface area contributed by atoms with E-state index in [0.29, 0.717) is 25.0 Å². The fraction of sp³-hybridized carbons (Fsp3) is 0.700. The van der Waals surface area contributed by atoms with Crippen LogP contribution in [0.15, 0.2) is 0 Å². The average Bonchev–Trinajstić information content (AvgIpc) is 2.97. The van der Waals surface area contributed by atoms with Gasteiger partial charge in [-0.15, -0.1) is 10.2 Å². The van der Waals surface area contributed by atoms with Crippen LogP contribution >= 0.6 is 11.3 Å². The van der Waals surface area contributed by atoms with Crippen LogP contribution < -0.4 is 5.32 Å². The Balaban J connectivity index is 1.85. The van der Waals surface area contributed by atoms with E-state index in [-0.39, 0.29) is 12.0 Å². The number of ether oxygens (including phenoxy) is 2. The summed E-state index contributed by atoms with van der Waals surface area (Å²) in [5.41, 5.74) is 0. The number of rotatable bonds is 5. The molecule has 1 aliphatic heterocycles. The first-order valence-corrected chi connectivity index (χ1v) is 6.44. The minimum Gasteiger partial charge on any atom is -0.374 e. The van der Waals surface area contributed by atoms with Gasteiger partial charge in [0.1, 0.15) is 17.7 Å². The summed E-state index contributed by atoms with van der Waals surface area (Å²) in [5.74, 6) is -0.137. The highest BCUT2D eigenvalue weighted by Crippen LogP contribution is 2.18. The fourth-order valence-corrected chi connectivity index (χ4v) is 2.20. The summed E-state index contributed by atoms with van der Waals surface area (Å²) in [6.07, 6.45) is 1.37. The lowest BCUT2D eigenvalue weighted by Crippen LogP contribution is -2.26. The standard InChI is InChI=1S/C10H15N3O3S/c1-2-15-6-8-12-13-10(17-8)11-9(14)7-4-3-5-16-7/h7H,2-6H2,1H3,(H,11,13,14)/t7-/m0/s1. The molecule has 0 radical (unpaired) electrons. The van der Waals surface area contributed by atoms with Crippen molar-refractivity contribution in [3.63, 3.8) is 0 Å². The number of hydrogen-bond acceptors (Lipinski definition) is 6. The molecule has 1 aromatic heterocycles. The second kappa shape index (κ2) is 6.04. The second-order valence-corrected chi connectivity index (χ2v) is 4.69. The Labute approximate surface area is 103 Å². The molecular formula is C10H15N3O3S. The highest BCUT2D eigenvalue weighted by atomic mass is 32.1. The molecular weight excluding hydrogens is 242 g/mol. The van der Waals surface area contributed by atoms with Crippen LogP contribution in [0, 0.1) is 0 Å². The van der Waals surface area contributed by atoms with E-state index in [1.807, 2.05) is 6.92 Å². The molecule has 2 heterocycles. The molecule has 0 saturated carbocycles. The van der Waals surface area contributed by atoms with Gasteiger partial charge in [0.25, 0.3) is 5.91 Å². The van der Waals surface area contributed by atoms with E-state index in [4.69, 9.17) is 9.47 Å². The van der Waals surface area contributed by atoms with Crippen LogP contribution in [0.3, 0.4) is 0 Å². The normalized spacial score (nSPS) is 19.5. The largest absolute Gasteiger partial charge is 0.374 e. The summed E-state index contributed by atoms with van der Waals surface area (Å²) >= 11 is 1.33. The van der Waals surface area contributed by atoms with Gasteiger partial charge in [-0.05, 0) is 19.8 Å². The summed E-state index contributed by atoms with van der Waals surface area (Å²) in [7, 11) is 0. The molecule has 1 fully saturated rings. The SMILES string of the molecule is CCOCc1nnc(NC(=O)[C@@H]2CCCO2)s1. The minimum atomic E-state index is -0.339. The lowest BCUT2D eigenvalue weighted by molar-refractivity contribution is -0.124. The molecule has 0 bridgehead atoms. The van der Waals surface area contributed by atoms with Crippen LogP contribution in [0.5, 0.6) is 0 Å². The Morgan fingerprint density at radius 1 is 1.65 bits per heavy atom. The zero-order valence-corrected chi connectivity index (χ0v) is 10.5. The zero-order chi connectivity index (χ0) is 12.1. The molecule has 7 heteroatoms. The molecule has 1 aromatic rings. The van der Waals surface area contributed by atoms with Crippen LogP contribution in [-0.4, -0.2) is 35.4 Å². The molecule has 0 aliphatic carbocycles. The molecule has 17 heavy (non-hydrogen) atoms. The maximum Gasteiger partial charge on any atom is 0.255 e. The highest BCUT2D eigenvalue weighted by molar-refractivity contribution is 7.15. The summed E-state index contributed by atoms with van der Waals surface area (Å²) in [4.78, 5) is 11.7. The molecule has 1 saturated heterocycles. The van der Waals surface area contributed by atoms with E-state index in [9.17, 15) is 4.79 Å². The van der Waals surface area contributed by atoms with E-state index in [1.165, 1.54) is 11.3 Å². The highest BCUT2D eigenvalue weighted by Gasteiger charge is 2.24. The van der Waals surface area contributed by atoms with Crippen LogP contribution in [0.2, 0.25) is 0 Å². The van der Waals surface area contributed by atoms with Gasteiger partial charge in [0.05, 0.1) is 0 Å². The van der Waals surface area contributed by atoms with Crippen molar-refractivity contribution in [2.75, 3.05) is 18.5 Å². The van der Waals surface area contributed by atoms with Gasteiger partial charge in [0.2, 0.25) is 5.13 Å². The topological polar surface area (TPSA) is 73.3 Å². The number of carbonyl (C=O) groups excluding carboxylic acids is 1. The Morgan fingerprint density at radius 3 is 3.24 bits per heavy atom. The third-order valence-corrected chi connectivity index (χ3v) is 3.16. The second-order valence-electron chi connectivity index (χ2n) is 3.63. The number of amides is 1. The predicted octanol–water partition coefficient (Wildman–Crippen LogP) is 1.19. The first kappa shape index (κ1) is 12.4. The third-order valence-electron chi connectivity index (χ3n) is 2.35. The molecule has 1 atom stereocenters. The van der Waals surface area contributed by atoms with Crippen LogP contribution in [0.4, 0.5) is 5.13 Å². The smallest absolute Gasteiger partial charge is 0.255 e. The lowest BCUT2D eigenvalue weighted by Gasteiger charge is -2.06. The number of carbonyl (C=O) groups is 1. The predicted molar refractivity (Wildman–Crippen MR) is 62.8 cm³/mol. The first-order chi connectivity index (χ1) is 8.29. The average molecular weight is 257 g/mol. The van der Waals surface area contributed by atoms with Crippen LogP contribution in [-0.2, 0) is 20.9 Å². The molecule has 0 unspecified atom stereocenters. The van der Waals surface area contributed by atoms with Crippen molar-refractivity contribution in [3.05, 3.63) is 5.01 Å². The van der Waals surface area contributed by atoms with Crippen molar-refractivity contribution in [2.45, 2.75) is 32.5 Å². The number of nitrogens with one attached hydrogen (secondary N) is 1. The van der Waals surface area contributed by atoms with Gasteiger partial charge >= 0.3 is 0 Å². The van der Waals surface area contributed by atoms with Crippen molar-refractivity contribution < 1.29 is 14.3 Å². The molecule has 0 spiro atoms. The van der Waals surface area contributed by atoms with Crippen LogP contribution in [0.25, 0.3) is 0 Å². The van der Waals surface area contributed by atoms with E-state index < -0.39 is 0 Å². The van der Waals surface area contributed by atoms with Crippen molar-refractivity contribution in [3.8, 4) is 0 Å². The maximum absolute atomic E-state index is 11.7. The quantitative estimate of drug-likeness (QED) is 0.857. The minimum absolute atomic E-state index is 0.137. The van der Waals surface area contributed by atoms with Crippen molar-refractivity contribution >= 4 is 22.4 Å². The molecule has 2 rings (SSSR count). The molecule has 1 N–H and O–H groups in total.